The lowest BCUT2D eigenvalue weighted by Gasteiger charge is -2.15. The highest BCUT2D eigenvalue weighted by molar-refractivity contribution is 4.61. The van der Waals surface area contributed by atoms with Gasteiger partial charge >= 0.3 is 0 Å². The lowest BCUT2D eigenvalue weighted by molar-refractivity contribution is 0.385. The standard InChI is InChI=1S/C18H39N/c1-3-5-7-9-11-13-15-18(16-17-19)14-12-10-8-6-4-2/h18H,3-17,19H2,1-2H3/t18-/m0/s1. The summed E-state index contributed by atoms with van der Waals surface area (Å²) in [7, 11) is 0. The van der Waals surface area contributed by atoms with Gasteiger partial charge in [0.1, 0.15) is 0 Å². The van der Waals surface area contributed by atoms with E-state index in [0.717, 1.165) is 12.5 Å². The summed E-state index contributed by atoms with van der Waals surface area (Å²) in [5.74, 6) is 0.915. The summed E-state index contributed by atoms with van der Waals surface area (Å²) >= 11 is 0. The van der Waals surface area contributed by atoms with Crippen LogP contribution in [0.25, 0.3) is 0 Å². The summed E-state index contributed by atoms with van der Waals surface area (Å²) in [5, 5.41) is 0. The van der Waals surface area contributed by atoms with E-state index in [-0.39, 0.29) is 0 Å². The Morgan fingerprint density at radius 1 is 0.579 bits per heavy atom. The molecule has 0 fully saturated rings. The lowest BCUT2D eigenvalue weighted by atomic mass is 9.91. The van der Waals surface area contributed by atoms with Crippen LogP contribution in [0.2, 0.25) is 0 Å². The van der Waals surface area contributed by atoms with Crippen LogP contribution in [-0.2, 0) is 0 Å². The first-order valence-electron chi connectivity index (χ1n) is 9.05. The second kappa shape index (κ2) is 16.0. The molecule has 116 valence electrons. The molecule has 0 unspecified atom stereocenters. The van der Waals surface area contributed by atoms with Crippen LogP contribution in [-0.4, -0.2) is 6.54 Å². The molecule has 0 heterocycles. The van der Waals surface area contributed by atoms with Crippen molar-refractivity contribution in [3.05, 3.63) is 0 Å². The maximum atomic E-state index is 5.75. The van der Waals surface area contributed by atoms with E-state index < -0.39 is 0 Å². The molecule has 0 saturated heterocycles. The number of rotatable bonds is 15. The Bertz CT molecular complexity index is 156. The molecule has 1 atom stereocenters. The van der Waals surface area contributed by atoms with E-state index in [1.807, 2.05) is 0 Å². The number of nitrogens with two attached hydrogens (primary N) is 1. The van der Waals surface area contributed by atoms with E-state index in [1.165, 1.54) is 89.9 Å². The van der Waals surface area contributed by atoms with Crippen molar-refractivity contribution in [1.82, 2.24) is 0 Å². The molecule has 1 nitrogen and oxygen atoms in total. The van der Waals surface area contributed by atoms with Gasteiger partial charge in [0.2, 0.25) is 0 Å². The number of hydrogen-bond acceptors (Lipinski definition) is 1. The van der Waals surface area contributed by atoms with Gasteiger partial charge in [-0.25, -0.2) is 0 Å². The highest BCUT2D eigenvalue weighted by atomic mass is 14.5. The molecule has 0 aromatic rings. The zero-order valence-corrected chi connectivity index (χ0v) is 13.8. The summed E-state index contributed by atoms with van der Waals surface area (Å²) in [5.41, 5.74) is 5.75. The van der Waals surface area contributed by atoms with E-state index in [1.54, 1.807) is 0 Å². The Morgan fingerprint density at radius 2 is 1.00 bits per heavy atom. The van der Waals surface area contributed by atoms with Crippen molar-refractivity contribution in [3.8, 4) is 0 Å². The molecule has 0 saturated carbocycles. The molecule has 1 heteroatoms. The van der Waals surface area contributed by atoms with E-state index in [0.29, 0.717) is 0 Å². The number of hydrogen-bond donors (Lipinski definition) is 1. The topological polar surface area (TPSA) is 26.0 Å². The van der Waals surface area contributed by atoms with Gasteiger partial charge in [-0.1, -0.05) is 97.3 Å². The predicted molar refractivity (Wildman–Crippen MR) is 88.5 cm³/mol. The molecule has 19 heavy (non-hydrogen) atoms. The summed E-state index contributed by atoms with van der Waals surface area (Å²) in [6, 6.07) is 0. The molecular weight excluding hydrogens is 230 g/mol. The maximum Gasteiger partial charge on any atom is -0.00746 e. The van der Waals surface area contributed by atoms with Gasteiger partial charge in [0.05, 0.1) is 0 Å². The van der Waals surface area contributed by atoms with Gasteiger partial charge in [0, 0.05) is 0 Å². The lowest BCUT2D eigenvalue weighted by Crippen LogP contribution is -2.09. The smallest absolute Gasteiger partial charge is 0.00746 e. The Hall–Kier alpha value is -0.0400. The molecule has 0 aliphatic carbocycles. The van der Waals surface area contributed by atoms with Gasteiger partial charge in [-0.15, -0.1) is 0 Å². The predicted octanol–water partition coefficient (Wildman–Crippen LogP) is 6.06. The first kappa shape index (κ1) is 19.0. The van der Waals surface area contributed by atoms with E-state index >= 15 is 0 Å². The molecule has 0 amide bonds. The van der Waals surface area contributed by atoms with Gasteiger partial charge in [-0.2, -0.15) is 0 Å². The van der Waals surface area contributed by atoms with Crippen molar-refractivity contribution in [1.29, 1.82) is 0 Å². The molecule has 0 aromatic carbocycles. The molecule has 0 aliphatic heterocycles. The molecule has 0 aromatic heterocycles. The van der Waals surface area contributed by atoms with Crippen molar-refractivity contribution in [2.45, 2.75) is 104 Å². The van der Waals surface area contributed by atoms with Crippen molar-refractivity contribution in [3.63, 3.8) is 0 Å². The third kappa shape index (κ3) is 14.2. The Kier molecular flexibility index (Phi) is 16.0. The van der Waals surface area contributed by atoms with Crippen LogP contribution in [0, 0.1) is 5.92 Å². The van der Waals surface area contributed by atoms with Gasteiger partial charge in [-0.05, 0) is 18.9 Å². The van der Waals surface area contributed by atoms with E-state index in [9.17, 15) is 0 Å². The fourth-order valence-corrected chi connectivity index (χ4v) is 2.92. The average molecular weight is 270 g/mol. The van der Waals surface area contributed by atoms with Crippen LogP contribution in [0.1, 0.15) is 104 Å². The minimum absolute atomic E-state index is 0.884. The van der Waals surface area contributed by atoms with Gasteiger partial charge in [0.25, 0.3) is 0 Å². The highest BCUT2D eigenvalue weighted by Gasteiger charge is 2.07. The summed E-state index contributed by atoms with van der Waals surface area (Å²) in [4.78, 5) is 0. The van der Waals surface area contributed by atoms with Crippen molar-refractivity contribution in [2.24, 2.45) is 11.7 Å². The molecule has 0 aliphatic rings. The normalized spacial score (nSPS) is 12.8. The van der Waals surface area contributed by atoms with Crippen LogP contribution in [0.4, 0.5) is 0 Å². The minimum atomic E-state index is 0.884. The Morgan fingerprint density at radius 3 is 1.42 bits per heavy atom. The third-order valence-corrected chi connectivity index (χ3v) is 4.26. The van der Waals surface area contributed by atoms with Gasteiger partial charge in [-0.3, -0.25) is 0 Å². The highest BCUT2D eigenvalue weighted by Crippen LogP contribution is 2.21. The minimum Gasteiger partial charge on any atom is -0.330 e. The zero-order valence-electron chi connectivity index (χ0n) is 13.8. The fourth-order valence-electron chi connectivity index (χ4n) is 2.92. The van der Waals surface area contributed by atoms with Crippen LogP contribution < -0.4 is 5.73 Å². The first-order chi connectivity index (χ1) is 9.35. The maximum absolute atomic E-state index is 5.75. The van der Waals surface area contributed by atoms with Crippen molar-refractivity contribution < 1.29 is 0 Å². The summed E-state index contributed by atoms with van der Waals surface area (Å²) in [6.45, 7) is 5.46. The monoisotopic (exact) mass is 269 g/mol. The molecule has 0 bridgehead atoms. The average Bonchev–Trinajstić information content (AvgIpc) is 2.42. The first-order valence-corrected chi connectivity index (χ1v) is 9.05. The summed E-state index contributed by atoms with van der Waals surface area (Å²) < 4.78 is 0. The second-order valence-electron chi connectivity index (χ2n) is 6.20. The van der Waals surface area contributed by atoms with Gasteiger partial charge < -0.3 is 5.73 Å². The zero-order chi connectivity index (χ0) is 14.2. The number of unbranched alkanes of at least 4 members (excludes halogenated alkanes) is 9. The van der Waals surface area contributed by atoms with Crippen LogP contribution in [0.15, 0.2) is 0 Å². The SMILES string of the molecule is CCCCCCCC[C@@H](CCN)CCCCCCC. The van der Waals surface area contributed by atoms with Gasteiger partial charge in [0.15, 0.2) is 0 Å². The fraction of sp³-hybridized carbons (Fsp3) is 1.00. The molecule has 0 spiro atoms. The van der Waals surface area contributed by atoms with E-state index in [4.69, 9.17) is 5.73 Å². The van der Waals surface area contributed by atoms with Crippen molar-refractivity contribution >= 4 is 0 Å². The Labute approximate surface area is 122 Å². The third-order valence-electron chi connectivity index (χ3n) is 4.26. The van der Waals surface area contributed by atoms with Crippen LogP contribution in [0.3, 0.4) is 0 Å². The molecule has 0 radical (unpaired) electrons. The summed E-state index contributed by atoms with van der Waals surface area (Å²) in [6.07, 6.45) is 19.7. The Balaban J connectivity index is 3.45. The van der Waals surface area contributed by atoms with Crippen molar-refractivity contribution in [2.75, 3.05) is 6.54 Å². The van der Waals surface area contributed by atoms with E-state index in [2.05, 4.69) is 13.8 Å². The molecule has 2 N–H and O–H groups in total. The quantitative estimate of drug-likeness (QED) is 0.359. The largest absolute Gasteiger partial charge is 0.330 e. The molecule has 0 rings (SSSR count). The second-order valence-corrected chi connectivity index (χ2v) is 6.20. The molecular formula is C18H39N. The van der Waals surface area contributed by atoms with Crippen LogP contribution >= 0.6 is 0 Å². The van der Waals surface area contributed by atoms with Crippen LogP contribution in [0.5, 0.6) is 0 Å².